The first-order chi connectivity index (χ1) is 13.7. The zero-order valence-electron chi connectivity index (χ0n) is 16.6. The molecule has 2 aromatic carbocycles. The van der Waals surface area contributed by atoms with Gasteiger partial charge in [-0.1, -0.05) is 32.0 Å². The molecule has 2 N–H and O–H groups in total. The smallest absolute Gasteiger partial charge is 0.249 e. The molecule has 0 bridgehead atoms. The van der Waals surface area contributed by atoms with Gasteiger partial charge in [0.25, 0.3) is 0 Å². The van der Waals surface area contributed by atoms with Crippen LogP contribution in [0.15, 0.2) is 42.6 Å². The highest BCUT2D eigenvalue weighted by molar-refractivity contribution is 5.67. The predicted octanol–water partition coefficient (Wildman–Crippen LogP) is 4.50. The average molecular weight is 379 g/mol. The zero-order valence-corrected chi connectivity index (χ0v) is 16.6. The van der Waals surface area contributed by atoms with Crippen molar-refractivity contribution >= 4 is 23.1 Å². The van der Waals surface area contributed by atoms with Crippen LogP contribution in [0.5, 0.6) is 11.5 Å². The maximum absolute atomic E-state index is 5.39. The topological polar surface area (TPSA) is 81.2 Å². The van der Waals surface area contributed by atoms with Crippen LogP contribution < -0.4 is 20.1 Å². The molecule has 7 nitrogen and oxygen atoms in total. The first-order valence-corrected chi connectivity index (χ1v) is 9.25. The van der Waals surface area contributed by atoms with Crippen LogP contribution >= 0.6 is 0 Å². The van der Waals surface area contributed by atoms with Crippen molar-refractivity contribution in [2.24, 2.45) is 0 Å². The number of anilines is 4. The summed E-state index contributed by atoms with van der Waals surface area (Å²) in [6, 6.07) is 11.8. The van der Waals surface area contributed by atoms with E-state index in [1.807, 2.05) is 18.2 Å². The zero-order chi connectivity index (χ0) is 19.9. The standard InChI is InChI=1S/C21H25N5O2/c1-5-14-8-7-9-15(6-2)20(14)24-19-13-22-26-21(25-19)23-17-12-16(27-3)10-11-18(17)28-4/h7-13H,5-6H2,1-4H3,(H2,23,24,25,26). The second-order valence-electron chi connectivity index (χ2n) is 6.14. The first kappa shape index (κ1) is 19.4. The molecule has 0 radical (unpaired) electrons. The molecule has 0 spiro atoms. The van der Waals surface area contributed by atoms with E-state index in [1.54, 1.807) is 20.4 Å². The quantitative estimate of drug-likeness (QED) is 0.596. The van der Waals surface area contributed by atoms with Gasteiger partial charge >= 0.3 is 0 Å². The summed E-state index contributed by atoms with van der Waals surface area (Å²) in [4.78, 5) is 4.55. The minimum absolute atomic E-state index is 0.364. The highest BCUT2D eigenvalue weighted by atomic mass is 16.5. The number of para-hydroxylation sites is 1. The number of nitrogens with zero attached hydrogens (tertiary/aromatic N) is 3. The van der Waals surface area contributed by atoms with Crippen LogP contribution in [0, 0.1) is 0 Å². The summed E-state index contributed by atoms with van der Waals surface area (Å²) in [7, 11) is 3.22. The van der Waals surface area contributed by atoms with Crippen molar-refractivity contribution in [3.05, 3.63) is 53.7 Å². The Morgan fingerprint density at radius 2 is 1.68 bits per heavy atom. The lowest BCUT2D eigenvalue weighted by Gasteiger charge is -2.15. The van der Waals surface area contributed by atoms with Crippen molar-refractivity contribution in [2.75, 3.05) is 24.9 Å². The maximum atomic E-state index is 5.39. The number of rotatable bonds is 8. The Balaban J connectivity index is 1.88. The molecule has 146 valence electrons. The van der Waals surface area contributed by atoms with Crippen molar-refractivity contribution < 1.29 is 9.47 Å². The van der Waals surface area contributed by atoms with E-state index in [1.165, 1.54) is 11.1 Å². The predicted molar refractivity (Wildman–Crippen MR) is 111 cm³/mol. The Kier molecular flexibility index (Phi) is 6.26. The van der Waals surface area contributed by atoms with E-state index in [0.29, 0.717) is 29.0 Å². The van der Waals surface area contributed by atoms with Crippen LogP contribution in [0.4, 0.5) is 23.1 Å². The van der Waals surface area contributed by atoms with Gasteiger partial charge < -0.3 is 20.1 Å². The molecule has 3 rings (SSSR count). The summed E-state index contributed by atoms with van der Waals surface area (Å²) >= 11 is 0. The first-order valence-electron chi connectivity index (χ1n) is 9.25. The largest absolute Gasteiger partial charge is 0.497 e. The fraction of sp³-hybridized carbons (Fsp3) is 0.286. The van der Waals surface area contributed by atoms with E-state index in [4.69, 9.17) is 9.47 Å². The summed E-state index contributed by atoms with van der Waals surface area (Å²) in [6.07, 6.45) is 3.47. The number of benzene rings is 2. The van der Waals surface area contributed by atoms with Gasteiger partial charge in [-0.15, -0.1) is 5.10 Å². The number of aromatic nitrogens is 3. The molecule has 7 heteroatoms. The van der Waals surface area contributed by atoms with Gasteiger partial charge in [-0.3, -0.25) is 0 Å². The Morgan fingerprint density at radius 3 is 2.32 bits per heavy atom. The Labute approximate surface area is 165 Å². The minimum atomic E-state index is 0.364. The second kappa shape index (κ2) is 9.03. The van der Waals surface area contributed by atoms with Gasteiger partial charge in [-0.25, -0.2) is 0 Å². The minimum Gasteiger partial charge on any atom is -0.497 e. The van der Waals surface area contributed by atoms with Gasteiger partial charge in [-0.05, 0) is 36.1 Å². The van der Waals surface area contributed by atoms with E-state index in [0.717, 1.165) is 18.5 Å². The van der Waals surface area contributed by atoms with Crippen LogP contribution in [0.1, 0.15) is 25.0 Å². The van der Waals surface area contributed by atoms with E-state index >= 15 is 0 Å². The van der Waals surface area contributed by atoms with Gasteiger partial charge in [0.15, 0.2) is 5.82 Å². The van der Waals surface area contributed by atoms with Crippen molar-refractivity contribution in [3.8, 4) is 11.5 Å². The van der Waals surface area contributed by atoms with Crippen LogP contribution in [0.3, 0.4) is 0 Å². The number of nitrogens with one attached hydrogen (secondary N) is 2. The number of methoxy groups -OCH3 is 2. The van der Waals surface area contributed by atoms with Gasteiger partial charge in [0.1, 0.15) is 11.5 Å². The average Bonchev–Trinajstić information content (AvgIpc) is 2.74. The fourth-order valence-electron chi connectivity index (χ4n) is 2.98. The summed E-state index contributed by atoms with van der Waals surface area (Å²) < 4.78 is 10.7. The van der Waals surface area contributed by atoms with E-state index in [9.17, 15) is 0 Å². The maximum Gasteiger partial charge on any atom is 0.249 e. The fourth-order valence-corrected chi connectivity index (χ4v) is 2.98. The third-order valence-electron chi connectivity index (χ3n) is 4.46. The van der Waals surface area contributed by atoms with Gasteiger partial charge in [-0.2, -0.15) is 10.1 Å². The van der Waals surface area contributed by atoms with Gasteiger partial charge in [0.2, 0.25) is 5.95 Å². The Morgan fingerprint density at radius 1 is 0.929 bits per heavy atom. The molecule has 1 heterocycles. The molecule has 0 aliphatic carbocycles. The molecule has 28 heavy (non-hydrogen) atoms. The van der Waals surface area contributed by atoms with Crippen LogP contribution in [0.2, 0.25) is 0 Å². The lowest BCUT2D eigenvalue weighted by molar-refractivity contribution is 0.405. The molecule has 0 unspecified atom stereocenters. The molecule has 0 amide bonds. The molecular formula is C21H25N5O2. The normalized spacial score (nSPS) is 10.4. The summed E-state index contributed by atoms with van der Waals surface area (Å²) in [5.74, 6) is 2.35. The van der Waals surface area contributed by atoms with Crippen LogP contribution in [-0.4, -0.2) is 29.4 Å². The summed E-state index contributed by atoms with van der Waals surface area (Å²) in [5.41, 5.74) is 4.26. The monoisotopic (exact) mass is 379 g/mol. The number of ether oxygens (including phenoxy) is 2. The third kappa shape index (κ3) is 4.31. The number of hydrogen-bond donors (Lipinski definition) is 2. The summed E-state index contributed by atoms with van der Waals surface area (Å²) in [5, 5.41) is 14.7. The van der Waals surface area contributed by atoms with Crippen molar-refractivity contribution in [1.29, 1.82) is 0 Å². The van der Waals surface area contributed by atoms with Gasteiger partial charge in [0.05, 0.1) is 26.1 Å². The lowest BCUT2D eigenvalue weighted by atomic mass is 10.0. The van der Waals surface area contributed by atoms with Gasteiger partial charge in [0, 0.05) is 11.8 Å². The van der Waals surface area contributed by atoms with Crippen LogP contribution in [-0.2, 0) is 12.8 Å². The Bertz CT molecular complexity index is 924. The molecular weight excluding hydrogens is 354 g/mol. The number of hydrogen-bond acceptors (Lipinski definition) is 7. The second-order valence-corrected chi connectivity index (χ2v) is 6.14. The third-order valence-corrected chi connectivity index (χ3v) is 4.46. The molecule has 0 atom stereocenters. The Hall–Kier alpha value is -3.35. The molecule has 3 aromatic rings. The van der Waals surface area contributed by atoms with E-state index in [2.05, 4.69) is 57.9 Å². The molecule has 0 fully saturated rings. The van der Waals surface area contributed by atoms with Crippen molar-refractivity contribution in [2.45, 2.75) is 26.7 Å². The molecule has 0 saturated heterocycles. The molecule has 1 aromatic heterocycles. The molecule has 0 aliphatic heterocycles. The van der Waals surface area contributed by atoms with E-state index in [-0.39, 0.29) is 0 Å². The molecule has 0 aliphatic rings. The van der Waals surface area contributed by atoms with Crippen LogP contribution in [0.25, 0.3) is 0 Å². The lowest BCUT2D eigenvalue weighted by Crippen LogP contribution is -2.06. The number of aryl methyl sites for hydroxylation is 2. The highest BCUT2D eigenvalue weighted by Gasteiger charge is 2.11. The highest BCUT2D eigenvalue weighted by Crippen LogP contribution is 2.31. The van der Waals surface area contributed by atoms with E-state index < -0.39 is 0 Å². The van der Waals surface area contributed by atoms with Crippen molar-refractivity contribution in [3.63, 3.8) is 0 Å². The summed E-state index contributed by atoms with van der Waals surface area (Å²) in [6.45, 7) is 4.28. The SMILES string of the molecule is CCc1cccc(CC)c1Nc1cnnc(Nc2cc(OC)ccc2OC)n1. The molecule has 0 saturated carbocycles. The van der Waals surface area contributed by atoms with Crippen molar-refractivity contribution in [1.82, 2.24) is 15.2 Å².